The molecular weight excluding hydrogens is 405 g/mol. The van der Waals surface area contributed by atoms with Crippen LogP contribution in [0.1, 0.15) is 20.8 Å². The number of nitrogens with zero attached hydrogens (tertiary/aromatic N) is 5. The van der Waals surface area contributed by atoms with Gasteiger partial charge in [-0.25, -0.2) is 9.36 Å². The Labute approximate surface area is 174 Å². The van der Waals surface area contributed by atoms with Crippen LogP contribution in [-0.4, -0.2) is 43.7 Å². The van der Waals surface area contributed by atoms with E-state index in [9.17, 15) is 0 Å². The molecule has 0 bridgehead atoms. The lowest BCUT2D eigenvalue weighted by Gasteiger charge is -2.35. The van der Waals surface area contributed by atoms with Crippen LogP contribution in [0.15, 0.2) is 36.7 Å². The molecule has 0 saturated heterocycles. The minimum atomic E-state index is 0.469. The highest BCUT2D eigenvalue weighted by Gasteiger charge is 2.22. The van der Waals surface area contributed by atoms with Gasteiger partial charge in [-0.05, 0) is 32.9 Å². The van der Waals surface area contributed by atoms with Crippen molar-refractivity contribution < 1.29 is 4.48 Å². The van der Waals surface area contributed by atoms with Gasteiger partial charge in [-0.3, -0.25) is 0 Å². The van der Waals surface area contributed by atoms with Gasteiger partial charge < -0.3 is 4.48 Å². The molecule has 1 aromatic carbocycles. The topological polar surface area (TPSA) is 35.6 Å². The highest BCUT2D eigenvalue weighted by Crippen LogP contribution is 2.32. The van der Waals surface area contributed by atoms with E-state index in [-0.39, 0.29) is 0 Å². The molecule has 3 rings (SSSR count). The Hall–Kier alpha value is -1.53. The van der Waals surface area contributed by atoms with E-state index in [4.69, 9.17) is 34.8 Å². The summed E-state index contributed by atoms with van der Waals surface area (Å²) < 4.78 is 4.64. The Morgan fingerprint density at radius 3 is 2.22 bits per heavy atom. The fourth-order valence-electron chi connectivity index (χ4n) is 3.14. The van der Waals surface area contributed by atoms with E-state index >= 15 is 0 Å². The van der Waals surface area contributed by atoms with Crippen molar-refractivity contribution in [1.29, 1.82) is 0 Å². The summed E-state index contributed by atoms with van der Waals surface area (Å²) in [5.74, 6) is 0.726. The highest BCUT2D eigenvalue weighted by molar-refractivity contribution is 6.42. The van der Waals surface area contributed by atoms with Gasteiger partial charge in [0, 0.05) is 17.8 Å². The molecule has 5 nitrogen and oxygen atoms in total. The molecule has 0 spiro atoms. The maximum absolute atomic E-state index is 6.41. The first-order valence-electron chi connectivity index (χ1n) is 9.01. The van der Waals surface area contributed by atoms with E-state index in [0.717, 1.165) is 42.2 Å². The maximum atomic E-state index is 6.41. The van der Waals surface area contributed by atoms with Gasteiger partial charge >= 0.3 is 0 Å². The van der Waals surface area contributed by atoms with E-state index in [1.807, 2.05) is 23.0 Å². The molecule has 144 valence electrons. The Morgan fingerprint density at radius 1 is 0.889 bits per heavy atom. The van der Waals surface area contributed by atoms with Crippen LogP contribution >= 0.6 is 34.8 Å². The number of quaternary nitrogens is 1. The van der Waals surface area contributed by atoms with Gasteiger partial charge in [-0.15, -0.1) is 5.10 Å². The smallest absolute Gasteiger partial charge is 0.175 e. The van der Waals surface area contributed by atoms with Crippen molar-refractivity contribution in [3.8, 4) is 17.1 Å². The average molecular weight is 428 g/mol. The van der Waals surface area contributed by atoms with Crippen LogP contribution in [0.2, 0.25) is 15.1 Å². The van der Waals surface area contributed by atoms with Crippen LogP contribution in [0.25, 0.3) is 17.1 Å². The lowest BCUT2D eigenvalue weighted by molar-refractivity contribution is -0.944. The molecule has 8 heteroatoms. The molecule has 0 atom stereocenters. The highest BCUT2D eigenvalue weighted by atomic mass is 35.5. The summed E-state index contributed by atoms with van der Waals surface area (Å²) in [5.41, 5.74) is 1.46. The predicted octanol–water partition coefficient (Wildman–Crippen LogP) is 5.53. The Kier molecular flexibility index (Phi) is 6.16. The first-order chi connectivity index (χ1) is 12.9. The number of benzene rings is 1. The van der Waals surface area contributed by atoms with Gasteiger partial charge in [-0.2, -0.15) is 5.10 Å². The zero-order valence-electron chi connectivity index (χ0n) is 15.7. The average Bonchev–Trinajstić information content (AvgIpc) is 3.28. The summed E-state index contributed by atoms with van der Waals surface area (Å²) in [7, 11) is 0. The van der Waals surface area contributed by atoms with Crippen molar-refractivity contribution in [2.45, 2.75) is 27.4 Å². The molecule has 0 saturated carbocycles. The molecule has 3 aromatic rings. The fourth-order valence-corrected chi connectivity index (χ4v) is 3.68. The molecule has 0 aliphatic heterocycles. The van der Waals surface area contributed by atoms with Crippen LogP contribution < -0.4 is 0 Å². The van der Waals surface area contributed by atoms with E-state index in [2.05, 4.69) is 31.0 Å². The van der Waals surface area contributed by atoms with Gasteiger partial charge in [0.1, 0.15) is 5.69 Å². The van der Waals surface area contributed by atoms with Crippen molar-refractivity contribution in [2.75, 3.05) is 19.6 Å². The molecule has 0 amide bonds. The SMILES string of the molecule is CC[N+](CC)(CC)Cn1ccc(-n2cc(Cl)c(-c3ccc(Cl)c(Cl)c3)n2)n1. The molecular formula is C19H23Cl3N5+. The summed E-state index contributed by atoms with van der Waals surface area (Å²) in [6.45, 7) is 10.7. The zero-order valence-corrected chi connectivity index (χ0v) is 17.9. The number of halogens is 3. The minimum absolute atomic E-state index is 0.469. The molecule has 27 heavy (non-hydrogen) atoms. The first-order valence-corrected chi connectivity index (χ1v) is 10.1. The molecule has 2 heterocycles. The summed E-state index contributed by atoms with van der Waals surface area (Å²) in [4.78, 5) is 0. The van der Waals surface area contributed by atoms with Gasteiger partial charge in [0.05, 0.1) is 40.9 Å². The zero-order chi connectivity index (χ0) is 19.6. The van der Waals surface area contributed by atoms with Gasteiger partial charge in [-0.1, -0.05) is 40.9 Å². The molecule has 0 N–H and O–H groups in total. The molecule has 0 aliphatic carbocycles. The van der Waals surface area contributed by atoms with E-state index in [0.29, 0.717) is 20.8 Å². The summed E-state index contributed by atoms with van der Waals surface area (Å²) in [6.07, 6.45) is 3.74. The van der Waals surface area contributed by atoms with Crippen LogP contribution in [0.5, 0.6) is 0 Å². The summed E-state index contributed by atoms with van der Waals surface area (Å²) >= 11 is 18.5. The first kappa shape index (κ1) is 20.2. The molecule has 0 aliphatic rings. The van der Waals surface area contributed by atoms with Gasteiger partial charge in [0.15, 0.2) is 12.5 Å². The summed E-state index contributed by atoms with van der Waals surface area (Å²) in [5, 5.41) is 10.8. The van der Waals surface area contributed by atoms with Crippen LogP contribution in [-0.2, 0) is 6.67 Å². The number of aromatic nitrogens is 4. The second kappa shape index (κ2) is 8.23. The van der Waals surface area contributed by atoms with Crippen LogP contribution in [0.3, 0.4) is 0 Å². The summed E-state index contributed by atoms with van der Waals surface area (Å²) in [6, 6.07) is 7.29. The largest absolute Gasteiger partial charge is 0.306 e. The fraction of sp³-hybridized carbons (Fsp3) is 0.368. The predicted molar refractivity (Wildman–Crippen MR) is 112 cm³/mol. The van der Waals surface area contributed by atoms with Crippen molar-refractivity contribution in [3.63, 3.8) is 0 Å². The Bertz CT molecular complexity index is 919. The maximum Gasteiger partial charge on any atom is 0.175 e. The van der Waals surface area contributed by atoms with Crippen molar-refractivity contribution in [3.05, 3.63) is 51.7 Å². The monoisotopic (exact) mass is 426 g/mol. The van der Waals surface area contributed by atoms with Crippen LogP contribution in [0, 0.1) is 0 Å². The quantitative estimate of drug-likeness (QED) is 0.465. The van der Waals surface area contributed by atoms with Crippen LogP contribution in [0.4, 0.5) is 0 Å². The molecule has 0 unspecified atom stereocenters. The Morgan fingerprint density at radius 2 is 1.59 bits per heavy atom. The molecule has 0 radical (unpaired) electrons. The number of hydrogen-bond donors (Lipinski definition) is 0. The third-order valence-electron chi connectivity index (χ3n) is 5.18. The Balaban J connectivity index is 1.88. The third-order valence-corrected chi connectivity index (χ3v) is 6.20. The van der Waals surface area contributed by atoms with E-state index in [1.54, 1.807) is 23.0 Å². The minimum Gasteiger partial charge on any atom is -0.306 e. The molecule has 0 fully saturated rings. The lowest BCUT2D eigenvalue weighted by atomic mass is 10.1. The van der Waals surface area contributed by atoms with Crippen molar-refractivity contribution in [1.82, 2.24) is 19.6 Å². The second-order valence-corrected chi connectivity index (χ2v) is 7.77. The van der Waals surface area contributed by atoms with Crippen molar-refractivity contribution >= 4 is 34.8 Å². The second-order valence-electron chi connectivity index (χ2n) is 6.54. The van der Waals surface area contributed by atoms with Crippen molar-refractivity contribution in [2.24, 2.45) is 0 Å². The number of rotatable bonds is 7. The third kappa shape index (κ3) is 4.16. The normalized spacial score (nSPS) is 11.9. The molecule has 2 aromatic heterocycles. The van der Waals surface area contributed by atoms with Gasteiger partial charge in [0.2, 0.25) is 0 Å². The standard InChI is InChI=1S/C19H23Cl3N5/c1-4-27(5-2,6-3)13-25-10-9-18(23-25)26-12-17(22)19(24-26)14-7-8-15(20)16(21)11-14/h7-12H,4-6,13H2,1-3H3/q+1. The van der Waals surface area contributed by atoms with Gasteiger partial charge in [0.25, 0.3) is 0 Å². The van der Waals surface area contributed by atoms with E-state index < -0.39 is 0 Å². The lowest BCUT2D eigenvalue weighted by Crippen LogP contribution is -2.48. The van der Waals surface area contributed by atoms with E-state index in [1.165, 1.54) is 0 Å². The number of hydrogen-bond acceptors (Lipinski definition) is 2.